The van der Waals surface area contributed by atoms with Crippen molar-refractivity contribution in [3.05, 3.63) is 33.4 Å². The number of fused-ring (bicyclic) bond motifs is 2. The van der Waals surface area contributed by atoms with E-state index in [0.29, 0.717) is 17.6 Å². The molecule has 2 aliphatic heterocycles. The number of benzene rings is 1. The largest absolute Gasteiger partial charge is 0.393 e. The number of carbonyl (C=O) groups excluding carboxylic acids is 1. The van der Waals surface area contributed by atoms with Crippen LogP contribution in [-0.2, 0) is 0 Å². The van der Waals surface area contributed by atoms with E-state index >= 15 is 0 Å². The number of nitrogens with two attached hydrogens (primary N) is 1. The fourth-order valence-electron chi connectivity index (χ4n) is 3.56. The summed E-state index contributed by atoms with van der Waals surface area (Å²) in [7, 11) is 0. The van der Waals surface area contributed by atoms with Gasteiger partial charge in [0.15, 0.2) is 0 Å². The number of amides is 1. The van der Waals surface area contributed by atoms with Crippen molar-refractivity contribution >= 4 is 29.7 Å². The minimum atomic E-state index is -0.552. The summed E-state index contributed by atoms with van der Waals surface area (Å²) in [5.74, 6) is -0.324. The molecule has 126 valence electrons. The Morgan fingerprint density at radius 3 is 2.52 bits per heavy atom. The molecular weight excluding hydrogens is 320 g/mol. The monoisotopic (exact) mass is 340 g/mol. The van der Waals surface area contributed by atoms with Gasteiger partial charge in [0.05, 0.1) is 10.5 Å². The standard InChI is InChI=1S/C15H20N4O3.ClH/c1-8-4-12(14(16)13(5-8)19(21)22)15(20)18-11-6-9-2-3-10(7-11)17-9;/h4-5,9-11,17H,2-3,6-7,16H2,1H3,(H,18,20);1H. The highest BCUT2D eigenvalue weighted by molar-refractivity contribution is 6.01. The molecule has 0 spiro atoms. The first-order valence-corrected chi connectivity index (χ1v) is 7.55. The lowest BCUT2D eigenvalue weighted by molar-refractivity contribution is -0.384. The van der Waals surface area contributed by atoms with Crippen LogP contribution in [0.2, 0.25) is 0 Å². The lowest BCUT2D eigenvalue weighted by Crippen LogP contribution is -2.48. The third kappa shape index (κ3) is 3.56. The molecule has 3 rings (SSSR count). The van der Waals surface area contributed by atoms with Crippen LogP contribution in [0.5, 0.6) is 0 Å². The molecule has 7 nitrogen and oxygen atoms in total. The van der Waals surface area contributed by atoms with Crippen molar-refractivity contribution in [3.8, 4) is 0 Å². The Morgan fingerprint density at radius 1 is 1.35 bits per heavy atom. The van der Waals surface area contributed by atoms with Crippen molar-refractivity contribution in [2.75, 3.05) is 5.73 Å². The minimum Gasteiger partial charge on any atom is -0.393 e. The van der Waals surface area contributed by atoms with Gasteiger partial charge in [0.2, 0.25) is 0 Å². The number of nitrogens with one attached hydrogen (secondary N) is 2. The van der Waals surface area contributed by atoms with Crippen LogP contribution in [0.25, 0.3) is 0 Å². The van der Waals surface area contributed by atoms with Crippen LogP contribution in [0.3, 0.4) is 0 Å². The number of hydrogen-bond acceptors (Lipinski definition) is 5. The zero-order valence-corrected chi connectivity index (χ0v) is 13.7. The van der Waals surface area contributed by atoms with Crippen molar-refractivity contribution in [1.29, 1.82) is 0 Å². The number of piperidine rings is 1. The zero-order valence-electron chi connectivity index (χ0n) is 12.9. The first-order valence-electron chi connectivity index (χ1n) is 7.55. The number of aryl methyl sites for hydroxylation is 1. The number of anilines is 1. The number of rotatable bonds is 3. The third-order valence-electron chi connectivity index (χ3n) is 4.55. The van der Waals surface area contributed by atoms with E-state index in [-0.39, 0.29) is 41.3 Å². The molecule has 2 unspecified atom stereocenters. The summed E-state index contributed by atoms with van der Waals surface area (Å²) in [6.45, 7) is 1.72. The first kappa shape index (κ1) is 17.5. The lowest BCUT2D eigenvalue weighted by Gasteiger charge is -2.29. The predicted molar refractivity (Wildman–Crippen MR) is 89.9 cm³/mol. The Kier molecular flexibility index (Phi) is 5.11. The molecule has 2 aliphatic rings. The number of carbonyl (C=O) groups is 1. The second-order valence-corrected chi connectivity index (χ2v) is 6.28. The molecule has 2 saturated heterocycles. The Bertz CT molecular complexity index is 625. The molecule has 2 bridgehead atoms. The van der Waals surface area contributed by atoms with Gasteiger partial charge < -0.3 is 16.4 Å². The quantitative estimate of drug-likeness (QED) is 0.442. The molecule has 4 N–H and O–H groups in total. The molecule has 2 heterocycles. The Morgan fingerprint density at radius 2 is 1.96 bits per heavy atom. The van der Waals surface area contributed by atoms with E-state index in [1.807, 2.05) is 0 Å². The van der Waals surface area contributed by atoms with Crippen LogP contribution in [0, 0.1) is 17.0 Å². The smallest absolute Gasteiger partial charge is 0.293 e. The highest BCUT2D eigenvalue weighted by atomic mass is 35.5. The molecule has 1 amide bonds. The van der Waals surface area contributed by atoms with E-state index < -0.39 is 4.92 Å². The normalized spacial score (nSPS) is 25.5. The number of nitro groups is 1. The van der Waals surface area contributed by atoms with Crippen LogP contribution in [0.15, 0.2) is 12.1 Å². The van der Waals surface area contributed by atoms with E-state index in [4.69, 9.17) is 5.73 Å². The summed E-state index contributed by atoms with van der Waals surface area (Å²) < 4.78 is 0. The van der Waals surface area contributed by atoms with Crippen LogP contribution in [0.4, 0.5) is 11.4 Å². The van der Waals surface area contributed by atoms with E-state index in [1.165, 1.54) is 6.07 Å². The van der Waals surface area contributed by atoms with Crippen LogP contribution >= 0.6 is 12.4 Å². The van der Waals surface area contributed by atoms with Crippen LogP contribution in [0.1, 0.15) is 41.6 Å². The van der Waals surface area contributed by atoms with Gasteiger partial charge in [-0.15, -0.1) is 12.4 Å². The summed E-state index contributed by atoms with van der Waals surface area (Å²) in [5.41, 5.74) is 6.38. The fraction of sp³-hybridized carbons (Fsp3) is 0.533. The highest BCUT2D eigenvalue weighted by Crippen LogP contribution is 2.29. The highest BCUT2D eigenvalue weighted by Gasteiger charge is 2.34. The Balaban J connectivity index is 0.00000192. The molecule has 2 fully saturated rings. The second kappa shape index (κ2) is 6.72. The molecule has 0 aromatic heterocycles. The zero-order chi connectivity index (χ0) is 15.9. The summed E-state index contributed by atoms with van der Waals surface area (Å²) in [6.07, 6.45) is 4.09. The van der Waals surface area contributed by atoms with Crippen LogP contribution < -0.4 is 16.4 Å². The maximum Gasteiger partial charge on any atom is 0.293 e. The van der Waals surface area contributed by atoms with Gasteiger partial charge in [-0.1, -0.05) is 0 Å². The SMILES string of the molecule is Cc1cc(C(=O)NC2CC3CCC(C2)N3)c(N)c([N+](=O)[O-])c1.Cl. The Hall–Kier alpha value is -1.86. The molecular formula is C15H21ClN4O3. The molecule has 1 aromatic carbocycles. The van der Waals surface area contributed by atoms with Gasteiger partial charge in [-0.05, 0) is 44.2 Å². The van der Waals surface area contributed by atoms with Gasteiger partial charge in [0, 0.05) is 24.2 Å². The molecule has 0 aliphatic carbocycles. The van der Waals surface area contributed by atoms with Crippen molar-refractivity contribution in [3.63, 3.8) is 0 Å². The number of nitro benzene ring substituents is 1. The Labute approximate surface area is 140 Å². The van der Waals surface area contributed by atoms with Gasteiger partial charge >= 0.3 is 0 Å². The predicted octanol–water partition coefficient (Wildman–Crippen LogP) is 1.92. The molecule has 8 heteroatoms. The lowest BCUT2D eigenvalue weighted by atomic mass is 9.99. The third-order valence-corrected chi connectivity index (χ3v) is 4.55. The molecule has 2 atom stereocenters. The average Bonchev–Trinajstić information content (AvgIpc) is 2.79. The van der Waals surface area contributed by atoms with E-state index in [0.717, 1.165) is 25.7 Å². The summed E-state index contributed by atoms with van der Waals surface area (Å²) >= 11 is 0. The van der Waals surface area contributed by atoms with E-state index in [2.05, 4.69) is 10.6 Å². The summed E-state index contributed by atoms with van der Waals surface area (Å²) in [5, 5.41) is 17.5. The average molecular weight is 341 g/mol. The molecule has 0 saturated carbocycles. The number of hydrogen-bond donors (Lipinski definition) is 3. The van der Waals surface area contributed by atoms with Gasteiger partial charge in [-0.25, -0.2) is 0 Å². The van der Waals surface area contributed by atoms with Gasteiger partial charge in [0.1, 0.15) is 5.69 Å². The number of nitrogen functional groups attached to an aromatic ring is 1. The van der Waals surface area contributed by atoms with Crippen molar-refractivity contribution in [2.24, 2.45) is 0 Å². The van der Waals surface area contributed by atoms with Gasteiger partial charge in [-0.2, -0.15) is 0 Å². The maximum atomic E-state index is 12.5. The van der Waals surface area contributed by atoms with E-state index in [9.17, 15) is 14.9 Å². The van der Waals surface area contributed by atoms with E-state index in [1.54, 1.807) is 13.0 Å². The second-order valence-electron chi connectivity index (χ2n) is 6.28. The van der Waals surface area contributed by atoms with Gasteiger partial charge in [-0.3, -0.25) is 14.9 Å². The maximum absolute atomic E-state index is 12.5. The van der Waals surface area contributed by atoms with Crippen LogP contribution in [-0.4, -0.2) is 29.0 Å². The van der Waals surface area contributed by atoms with Crippen molar-refractivity contribution in [1.82, 2.24) is 10.6 Å². The summed E-state index contributed by atoms with van der Waals surface area (Å²) in [6, 6.07) is 4.02. The fourth-order valence-corrected chi connectivity index (χ4v) is 3.56. The minimum absolute atomic E-state index is 0. The number of nitrogens with zero attached hydrogens (tertiary/aromatic N) is 1. The van der Waals surface area contributed by atoms with Gasteiger partial charge in [0.25, 0.3) is 11.6 Å². The summed E-state index contributed by atoms with van der Waals surface area (Å²) in [4.78, 5) is 22.9. The topological polar surface area (TPSA) is 110 Å². The molecule has 0 radical (unpaired) electrons. The molecule has 1 aromatic rings. The first-order chi connectivity index (χ1) is 10.4. The molecule has 23 heavy (non-hydrogen) atoms. The number of halogens is 1. The van der Waals surface area contributed by atoms with Crippen molar-refractivity contribution in [2.45, 2.75) is 50.7 Å². The van der Waals surface area contributed by atoms with Crippen molar-refractivity contribution < 1.29 is 9.72 Å².